The zero-order valence-electron chi connectivity index (χ0n) is 11.3. The Hall–Kier alpha value is -2.71. The third kappa shape index (κ3) is 3.44. The van der Waals surface area contributed by atoms with Gasteiger partial charge in [0.1, 0.15) is 4.99 Å². The van der Waals surface area contributed by atoms with Gasteiger partial charge >= 0.3 is 5.97 Å². The Bertz CT molecular complexity index is 763. The Labute approximate surface area is 127 Å². The van der Waals surface area contributed by atoms with Crippen LogP contribution in [0.15, 0.2) is 42.5 Å². The van der Waals surface area contributed by atoms with Gasteiger partial charge in [-0.15, -0.1) is 0 Å². The molecule has 5 heteroatoms. The molecule has 0 amide bonds. The van der Waals surface area contributed by atoms with Gasteiger partial charge in [0.25, 0.3) is 0 Å². The van der Waals surface area contributed by atoms with Crippen LogP contribution >= 0.6 is 12.2 Å². The number of aromatic carboxylic acids is 1. The topological polar surface area (TPSA) is 53.7 Å². The van der Waals surface area contributed by atoms with Crippen molar-refractivity contribution in [1.82, 2.24) is 0 Å². The van der Waals surface area contributed by atoms with Crippen molar-refractivity contribution in [1.29, 1.82) is 0 Å². The van der Waals surface area contributed by atoms with Crippen molar-refractivity contribution >= 4 is 34.6 Å². The standard InChI is InChI=1S/C16H12N2O2S/c1-10-4-3-5-11(8-10)15(21)18-14-7-6-12(17-2)9-13(14)16(19)20/h3-9H,1H3,(H,18,21)(H,19,20). The van der Waals surface area contributed by atoms with Crippen LogP contribution in [-0.4, -0.2) is 16.1 Å². The lowest BCUT2D eigenvalue weighted by molar-refractivity contribution is 0.0698. The van der Waals surface area contributed by atoms with Crippen LogP contribution < -0.4 is 5.32 Å². The van der Waals surface area contributed by atoms with Crippen molar-refractivity contribution in [3.8, 4) is 0 Å². The first-order valence-corrected chi connectivity index (χ1v) is 6.55. The number of nitrogens with zero attached hydrogens (tertiary/aromatic N) is 1. The van der Waals surface area contributed by atoms with Gasteiger partial charge in [0.2, 0.25) is 0 Å². The maximum Gasteiger partial charge on any atom is 0.336 e. The van der Waals surface area contributed by atoms with E-state index in [1.807, 2.05) is 31.2 Å². The van der Waals surface area contributed by atoms with Gasteiger partial charge in [0.15, 0.2) is 5.69 Å². The van der Waals surface area contributed by atoms with Gasteiger partial charge in [0.05, 0.1) is 17.8 Å². The third-order valence-electron chi connectivity index (χ3n) is 2.89. The molecule has 0 bridgehead atoms. The summed E-state index contributed by atoms with van der Waals surface area (Å²) in [5.41, 5.74) is 2.56. The number of carboxylic acid groups (broad SMARTS) is 1. The first-order chi connectivity index (χ1) is 10.0. The molecule has 2 N–H and O–H groups in total. The second-order valence-corrected chi connectivity index (χ2v) is 4.88. The zero-order chi connectivity index (χ0) is 15.4. The van der Waals surface area contributed by atoms with Crippen LogP contribution in [0.5, 0.6) is 0 Å². The first kappa shape index (κ1) is 14.7. The average molecular weight is 296 g/mol. The van der Waals surface area contributed by atoms with Crippen LogP contribution in [0.25, 0.3) is 4.85 Å². The van der Waals surface area contributed by atoms with Crippen LogP contribution in [0.4, 0.5) is 11.4 Å². The molecule has 0 saturated heterocycles. The first-order valence-electron chi connectivity index (χ1n) is 6.14. The predicted octanol–water partition coefficient (Wildman–Crippen LogP) is 4.03. The number of carbonyl (C=O) groups is 1. The van der Waals surface area contributed by atoms with Crippen LogP contribution in [0.3, 0.4) is 0 Å². The van der Waals surface area contributed by atoms with Crippen molar-refractivity contribution in [2.75, 3.05) is 5.32 Å². The maximum absolute atomic E-state index is 11.3. The zero-order valence-corrected chi connectivity index (χ0v) is 12.1. The molecule has 0 aliphatic heterocycles. The molecule has 0 unspecified atom stereocenters. The van der Waals surface area contributed by atoms with Crippen molar-refractivity contribution in [3.63, 3.8) is 0 Å². The molecule has 0 heterocycles. The molecule has 0 spiro atoms. The van der Waals surface area contributed by atoms with Gasteiger partial charge in [-0.1, -0.05) is 42.0 Å². The summed E-state index contributed by atoms with van der Waals surface area (Å²) >= 11 is 5.31. The van der Waals surface area contributed by atoms with Gasteiger partial charge in [-0.05, 0) is 25.1 Å². The number of hydrogen-bond donors (Lipinski definition) is 2. The molecule has 4 nitrogen and oxygen atoms in total. The number of anilines is 1. The van der Waals surface area contributed by atoms with E-state index < -0.39 is 5.97 Å². The van der Waals surface area contributed by atoms with Crippen LogP contribution in [0.1, 0.15) is 21.5 Å². The van der Waals surface area contributed by atoms with E-state index in [1.165, 1.54) is 6.07 Å². The van der Waals surface area contributed by atoms with Crippen LogP contribution in [0.2, 0.25) is 0 Å². The molecule has 0 aromatic heterocycles. The predicted molar refractivity (Wildman–Crippen MR) is 86.2 cm³/mol. The number of aryl methyl sites for hydroxylation is 1. The fraction of sp³-hybridized carbons (Fsp3) is 0.0625. The minimum Gasteiger partial charge on any atom is -0.478 e. The van der Waals surface area contributed by atoms with E-state index in [2.05, 4.69) is 10.2 Å². The highest BCUT2D eigenvalue weighted by Gasteiger charge is 2.12. The van der Waals surface area contributed by atoms with Crippen LogP contribution in [0, 0.1) is 13.5 Å². The lowest BCUT2D eigenvalue weighted by Gasteiger charge is -2.11. The Morgan fingerprint density at radius 2 is 2.05 bits per heavy atom. The fourth-order valence-corrected chi connectivity index (χ4v) is 2.11. The van der Waals surface area contributed by atoms with Gasteiger partial charge in [0, 0.05) is 5.56 Å². The van der Waals surface area contributed by atoms with Gasteiger partial charge < -0.3 is 10.4 Å². The highest BCUT2D eigenvalue weighted by molar-refractivity contribution is 7.81. The highest BCUT2D eigenvalue weighted by atomic mass is 32.1. The van der Waals surface area contributed by atoms with E-state index in [9.17, 15) is 9.90 Å². The smallest absolute Gasteiger partial charge is 0.336 e. The summed E-state index contributed by atoms with van der Waals surface area (Å²) < 4.78 is 0. The van der Waals surface area contributed by atoms with Crippen molar-refractivity contribution in [2.45, 2.75) is 6.92 Å². The van der Waals surface area contributed by atoms with Crippen molar-refractivity contribution in [2.24, 2.45) is 0 Å². The third-order valence-corrected chi connectivity index (χ3v) is 3.23. The van der Waals surface area contributed by atoms with Gasteiger partial charge in [-0.2, -0.15) is 0 Å². The van der Waals surface area contributed by atoms with Crippen molar-refractivity contribution in [3.05, 3.63) is 70.6 Å². The summed E-state index contributed by atoms with van der Waals surface area (Å²) in [6.07, 6.45) is 0. The quantitative estimate of drug-likeness (QED) is 0.663. The molecule has 21 heavy (non-hydrogen) atoms. The molecule has 0 saturated carbocycles. The average Bonchev–Trinajstić information content (AvgIpc) is 2.47. The van der Waals surface area contributed by atoms with Gasteiger partial charge in [-0.3, -0.25) is 0 Å². The highest BCUT2D eigenvalue weighted by Crippen LogP contribution is 2.23. The number of thiocarbonyl (C=S) groups is 1. The number of carboxylic acids is 1. The monoisotopic (exact) mass is 296 g/mol. The Morgan fingerprint density at radius 3 is 2.67 bits per heavy atom. The summed E-state index contributed by atoms with van der Waals surface area (Å²) in [4.78, 5) is 14.9. The molecule has 0 atom stereocenters. The molecule has 104 valence electrons. The molecule has 2 rings (SSSR count). The van der Waals surface area contributed by atoms with E-state index in [-0.39, 0.29) is 11.3 Å². The molecule has 2 aromatic carbocycles. The molecule has 0 aliphatic carbocycles. The Kier molecular flexibility index (Phi) is 4.31. The minimum absolute atomic E-state index is 0.0264. The Morgan fingerprint density at radius 1 is 1.29 bits per heavy atom. The number of rotatable bonds is 3. The van der Waals surface area contributed by atoms with Crippen molar-refractivity contribution < 1.29 is 9.90 Å². The second kappa shape index (κ2) is 6.16. The molecule has 0 aliphatic rings. The lowest BCUT2D eigenvalue weighted by atomic mass is 10.1. The molecule has 0 radical (unpaired) electrons. The number of benzene rings is 2. The summed E-state index contributed by atoms with van der Waals surface area (Å²) in [7, 11) is 0. The fourth-order valence-electron chi connectivity index (χ4n) is 1.87. The van der Waals surface area contributed by atoms with E-state index >= 15 is 0 Å². The van der Waals surface area contributed by atoms with E-state index in [0.29, 0.717) is 10.7 Å². The maximum atomic E-state index is 11.3. The molecular formula is C16H12N2O2S. The van der Waals surface area contributed by atoms with Crippen LogP contribution in [-0.2, 0) is 0 Å². The summed E-state index contributed by atoms with van der Waals surface area (Å²) in [6, 6.07) is 12.1. The normalized spacial score (nSPS) is 9.71. The SMILES string of the molecule is [C-]#[N+]c1ccc(NC(=S)c2cccc(C)c2)c(C(=O)O)c1. The molecule has 0 fully saturated rings. The largest absolute Gasteiger partial charge is 0.478 e. The second-order valence-electron chi connectivity index (χ2n) is 4.47. The molecule has 2 aromatic rings. The summed E-state index contributed by atoms with van der Waals surface area (Å²) in [5, 5.41) is 12.2. The minimum atomic E-state index is -1.10. The summed E-state index contributed by atoms with van der Waals surface area (Å²) in [6.45, 7) is 8.90. The number of hydrogen-bond acceptors (Lipinski definition) is 2. The van der Waals surface area contributed by atoms with E-state index in [1.54, 1.807) is 12.1 Å². The van der Waals surface area contributed by atoms with E-state index in [4.69, 9.17) is 18.8 Å². The number of nitrogens with one attached hydrogen (secondary N) is 1. The summed E-state index contributed by atoms with van der Waals surface area (Å²) in [5.74, 6) is -1.10. The van der Waals surface area contributed by atoms with Gasteiger partial charge in [-0.25, -0.2) is 9.64 Å². The molecular weight excluding hydrogens is 284 g/mol. The lowest BCUT2D eigenvalue weighted by Crippen LogP contribution is -2.13. The van der Waals surface area contributed by atoms with E-state index in [0.717, 1.165) is 11.1 Å². The Balaban J connectivity index is 2.33.